The number of hydrogen-bond donors (Lipinski definition) is 3. The van der Waals surface area contributed by atoms with E-state index in [1.807, 2.05) is 40.3 Å². The number of amides is 2. The highest BCUT2D eigenvalue weighted by Gasteiger charge is 2.35. The fourth-order valence-corrected chi connectivity index (χ4v) is 6.89. The summed E-state index contributed by atoms with van der Waals surface area (Å²) in [5, 5.41) is 8.13. The van der Waals surface area contributed by atoms with Crippen molar-refractivity contribution in [1.82, 2.24) is 9.88 Å². The maximum Gasteiger partial charge on any atom is 0.251 e. The van der Waals surface area contributed by atoms with Crippen molar-refractivity contribution in [2.75, 3.05) is 56.2 Å². The Labute approximate surface area is 237 Å². The fraction of sp³-hybridized carbons (Fsp3) is 0.433. The number of morpholine rings is 1. The standard InChI is InChI=1S/C30H35N5O4S/c36-28(8-9-33-10-12-39-13-11-33)32-25-16-22(30(38)31-17-24-3-2-14-40-24)6-7-27(25)34-18-21-15-23(20-34)26-4-1-5-29(37)35(26)19-21/h1-7,14,16,21,23H,8-13,15,17-20H2,(H,31,38)(H,32,36)/p+1. The second-order valence-corrected chi connectivity index (χ2v) is 12.0. The van der Waals surface area contributed by atoms with Crippen LogP contribution in [0.5, 0.6) is 0 Å². The summed E-state index contributed by atoms with van der Waals surface area (Å²) >= 11 is 1.60. The van der Waals surface area contributed by atoms with Gasteiger partial charge in [-0.05, 0) is 48.1 Å². The monoisotopic (exact) mass is 562 g/mol. The molecule has 40 heavy (non-hydrogen) atoms. The Balaban J connectivity index is 1.22. The molecule has 210 valence electrons. The number of anilines is 2. The molecule has 0 aliphatic carbocycles. The molecule has 2 amide bonds. The molecule has 2 unspecified atom stereocenters. The molecule has 5 heterocycles. The number of pyridine rings is 1. The first-order valence-corrected chi connectivity index (χ1v) is 15.0. The van der Waals surface area contributed by atoms with Crippen LogP contribution in [0.15, 0.2) is 58.7 Å². The predicted octanol–water partition coefficient (Wildman–Crippen LogP) is 1.71. The van der Waals surface area contributed by atoms with Crippen molar-refractivity contribution >= 4 is 34.5 Å². The van der Waals surface area contributed by atoms with E-state index < -0.39 is 0 Å². The molecule has 2 saturated heterocycles. The lowest BCUT2D eigenvalue weighted by Gasteiger charge is -2.44. The summed E-state index contributed by atoms with van der Waals surface area (Å²) in [6, 6.07) is 15.1. The minimum Gasteiger partial charge on any atom is -0.370 e. The van der Waals surface area contributed by atoms with E-state index in [1.54, 1.807) is 23.5 Å². The number of benzene rings is 1. The number of fused-ring (bicyclic) bond motifs is 4. The molecule has 2 bridgehead atoms. The van der Waals surface area contributed by atoms with Crippen LogP contribution in [0.25, 0.3) is 0 Å². The van der Waals surface area contributed by atoms with Gasteiger partial charge in [-0.25, -0.2) is 0 Å². The van der Waals surface area contributed by atoms with E-state index in [2.05, 4.69) is 21.6 Å². The third kappa shape index (κ3) is 5.99. The fourth-order valence-electron chi connectivity index (χ4n) is 6.24. The van der Waals surface area contributed by atoms with Crippen LogP contribution in [-0.2, 0) is 22.6 Å². The molecule has 9 nitrogen and oxygen atoms in total. The van der Waals surface area contributed by atoms with Crippen molar-refractivity contribution in [2.45, 2.75) is 31.8 Å². The van der Waals surface area contributed by atoms with E-state index in [9.17, 15) is 14.4 Å². The van der Waals surface area contributed by atoms with E-state index >= 15 is 0 Å². The van der Waals surface area contributed by atoms with E-state index in [-0.39, 0.29) is 23.3 Å². The molecular formula is C30H36N5O4S+. The number of carbonyl (C=O) groups excluding carboxylic acids is 2. The molecule has 1 aromatic carbocycles. The SMILES string of the molecule is O=C(CC[NH+]1CCOCC1)Nc1cc(C(=O)NCc2cccs2)ccc1N1CC2CC(C1)c1cccc(=O)n1C2. The first-order valence-electron chi connectivity index (χ1n) is 14.1. The van der Waals surface area contributed by atoms with Gasteiger partial charge in [0, 0.05) is 47.8 Å². The summed E-state index contributed by atoms with van der Waals surface area (Å²) in [4.78, 5) is 43.4. The topological polar surface area (TPSA) is 97.1 Å². The molecule has 6 rings (SSSR count). The van der Waals surface area contributed by atoms with Crippen LogP contribution in [0.4, 0.5) is 11.4 Å². The summed E-state index contributed by atoms with van der Waals surface area (Å²) in [5.74, 6) is 0.361. The molecular weight excluding hydrogens is 526 g/mol. The molecule has 2 fully saturated rings. The van der Waals surface area contributed by atoms with Crippen molar-refractivity contribution in [3.63, 3.8) is 0 Å². The first kappa shape index (κ1) is 26.7. The number of piperidine rings is 1. The number of nitrogens with one attached hydrogen (secondary N) is 3. The van der Waals surface area contributed by atoms with Crippen molar-refractivity contribution in [1.29, 1.82) is 0 Å². The number of aromatic nitrogens is 1. The second kappa shape index (κ2) is 12.0. The highest BCUT2D eigenvalue weighted by atomic mass is 32.1. The predicted molar refractivity (Wildman–Crippen MR) is 155 cm³/mol. The van der Waals surface area contributed by atoms with Crippen molar-refractivity contribution in [3.05, 3.63) is 80.4 Å². The zero-order chi connectivity index (χ0) is 27.5. The third-order valence-electron chi connectivity index (χ3n) is 8.26. The maximum atomic E-state index is 13.1. The lowest BCUT2D eigenvalue weighted by Crippen LogP contribution is -3.14. The molecule has 3 aliphatic heterocycles. The molecule has 3 aromatic rings. The molecule has 0 spiro atoms. The third-order valence-corrected chi connectivity index (χ3v) is 9.14. The van der Waals surface area contributed by atoms with Gasteiger partial charge in [0.2, 0.25) is 5.91 Å². The van der Waals surface area contributed by atoms with Crippen LogP contribution >= 0.6 is 11.3 Å². The average Bonchev–Trinajstić information content (AvgIpc) is 3.50. The molecule has 0 saturated carbocycles. The zero-order valence-corrected chi connectivity index (χ0v) is 23.4. The number of ether oxygens (including phenoxy) is 1. The maximum absolute atomic E-state index is 13.1. The number of thiophene rings is 1. The van der Waals surface area contributed by atoms with Crippen LogP contribution < -0.4 is 26.0 Å². The van der Waals surface area contributed by atoms with E-state index in [1.165, 1.54) is 4.90 Å². The Morgan fingerprint density at radius 2 is 1.93 bits per heavy atom. The minimum atomic E-state index is -0.169. The zero-order valence-electron chi connectivity index (χ0n) is 22.6. The lowest BCUT2D eigenvalue weighted by atomic mass is 9.83. The summed E-state index contributed by atoms with van der Waals surface area (Å²) in [6.45, 7) is 6.77. The molecule has 0 radical (unpaired) electrons. The van der Waals surface area contributed by atoms with Gasteiger partial charge in [0.25, 0.3) is 11.5 Å². The van der Waals surface area contributed by atoms with Crippen molar-refractivity contribution in [3.8, 4) is 0 Å². The largest absolute Gasteiger partial charge is 0.370 e. The van der Waals surface area contributed by atoms with E-state index in [4.69, 9.17) is 4.74 Å². The van der Waals surface area contributed by atoms with Gasteiger partial charge in [0.05, 0.1) is 44.1 Å². The Hall–Kier alpha value is -3.47. The van der Waals surface area contributed by atoms with Gasteiger partial charge in [-0.3, -0.25) is 14.4 Å². The van der Waals surface area contributed by atoms with Crippen LogP contribution in [0.1, 0.15) is 39.7 Å². The summed E-state index contributed by atoms with van der Waals surface area (Å²) < 4.78 is 7.37. The second-order valence-electron chi connectivity index (χ2n) is 11.0. The number of nitrogens with zero attached hydrogens (tertiary/aromatic N) is 2. The molecule has 3 aliphatic rings. The van der Waals surface area contributed by atoms with Crippen LogP contribution in [0.3, 0.4) is 0 Å². The van der Waals surface area contributed by atoms with Gasteiger partial charge < -0.3 is 29.7 Å². The Morgan fingerprint density at radius 1 is 1.05 bits per heavy atom. The molecule has 2 atom stereocenters. The highest BCUT2D eigenvalue weighted by Crippen LogP contribution is 2.39. The molecule has 2 aromatic heterocycles. The van der Waals surface area contributed by atoms with Crippen molar-refractivity contribution < 1.29 is 19.2 Å². The number of quaternary nitrogens is 1. The molecule has 3 N–H and O–H groups in total. The van der Waals surface area contributed by atoms with Gasteiger partial charge in [-0.1, -0.05) is 12.1 Å². The smallest absolute Gasteiger partial charge is 0.251 e. The van der Waals surface area contributed by atoms with Crippen LogP contribution in [0.2, 0.25) is 0 Å². The minimum absolute atomic E-state index is 0.0505. The average molecular weight is 563 g/mol. The van der Waals surface area contributed by atoms with Crippen LogP contribution in [-0.4, -0.2) is 62.3 Å². The van der Waals surface area contributed by atoms with Gasteiger partial charge >= 0.3 is 0 Å². The summed E-state index contributed by atoms with van der Waals surface area (Å²) in [5.41, 5.74) is 3.24. The van der Waals surface area contributed by atoms with Gasteiger partial charge in [0.15, 0.2) is 0 Å². The summed E-state index contributed by atoms with van der Waals surface area (Å²) in [6.07, 6.45) is 1.46. The van der Waals surface area contributed by atoms with Crippen molar-refractivity contribution in [2.24, 2.45) is 5.92 Å². The van der Waals surface area contributed by atoms with E-state index in [0.717, 1.165) is 68.6 Å². The highest BCUT2D eigenvalue weighted by molar-refractivity contribution is 7.09. The van der Waals surface area contributed by atoms with Gasteiger partial charge in [-0.15, -0.1) is 11.3 Å². The quantitative estimate of drug-likeness (QED) is 0.389. The normalized spacial score (nSPS) is 20.6. The number of rotatable bonds is 8. The summed E-state index contributed by atoms with van der Waals surface area (Å²) in [7, 11) is 0. The Bertz CT molecular complexity index is 1420. The van der Waals surface area contributed by atoms with Gasteiger partial charge in [0.1, 0.15) is 13.1 Å². The Morgan fingerprint density at radius 3 is 2.75 bits per heavy atom. The Kier molecular flexibility index (Phi) is 7.99. The number of hydrogen-bond acceptors (Lipinski definition) is 6. The first-order chi connectivity index (χ1) is 19.5. The molecule has 10 heteroatoms. The van der Waals surface area contributed by atoms with E-state index in [0.29, 0.717) is 36.7 Å². The van der Waals surface area contributed by atoms with Gasteiger partial charge in [-0.2, -0.15) is 0 Å². The number of carbonyl (C=O) groups is 2. The lowest BCUT2D eigenvalue weighted by molar-refractivity contribution is -0.907. The van der Waals surface area contributed by atoms with Crippen LogP contribution in [0, 0.1) is 5.92 Å².